The highest BCUT2D eigenvalue weighted by atomic mass is 35.5. The van der Waals surface area contributed by atoms with Crippen LogP contribution in [0.4, 0.5) is 0 Å². The van der Waals surface area contributed by atoms with Gasteiger partial charge < -0.3 is 4.98 Å². The van der Waals surface area contributed by atoms with E-state index in [9.17, 15) is 0 Å². The molecule has 0 aliphatic carbocycles. The van der Waals surface area contributed by atoms with E-state index in [-0.39, 0.29) is 0 Å². The zero-order chi connectivity index (χ0) is 11.8. The number of fused-ring (bicyclic) bond motifs is 1. The fourth-order valence-corrected chi connectivity index (χ4v) is 2.48. The molecule has 0 radical (unpaired) electrons. The summed E-state index contributed by atoms with van der Waals surface area (Å²) in [6, 6.07) is 13.9. The van der Waals surface area contributed by atoms with Gasteiger partial charge in [-0.1, -0.05) is 29.3 Å². The summed E-state index contributed by atoms with van der Waals surface area (Å²) in [6.45, 7) is 0. The summed E-state index contributed by atoms with van der Waals surface area (Å²) in [7, 11) is 0. The molecule has 0 unspecified atom stereocenters. The van der Waals surface area contributed by atoms with Gasteiger partial charge in [0.05, 0.1) is 0 Å². The lowest BCUT2D eigenvalue weighted by Gasteiger charge is -2.04. The Morgan fingerprint density at radius 3 is 2.29 bits per heavy atom. The Hall–Kier alpha value is -1.44. The summed E-state index contributed by atoms with van der Waals surface area (Å²) in [5.74, 6) is 0. The van der Waals surface area contributed by atoms with E-state index in [1.807, 2.05) is 24.4 Å². The second-order valence-electron chi connectivity index (χ2n) is 3.94. The van der Waals surface area contributed by atoms with E-state index < -0.39 is 0 Å². The van der Waals surface area contributed by atoms with Crippen LogP contribution in [-0.2, 0) is 0 Å². The molecule has 3 aromatic rings. The van der Waals surface area contributed by atoms with Gasteiger partial charge in [0.2, 0.25) is 0 Å². The molecule has 3 heteroatoms. The minimum Gasteiger partial charge on any atom is -0.361 e. The quantitative estimate of drug-likeness (QED) is 0.624. The first kappa shape index (κ1) is 10.7. The molecule has 0 fully saturated rings. The SMILES string of the molecule is Clc1cc(Cl)cc(-c2ccc3[nH]ccc3c2)c1. The van der Waals surface area contributed by atoms with E-state index in [0.29, 0.717) is 10.0 Å². The van der Waals surface area contributed by atoms with Crippen LogP contribution >= 0.6 is 23.2 Å². The molecule has 3 rings (SSSR count). The van der Waals surface area contributed by atoms with Crippen molar-refractivity contribution in [3.8, 4) is 11.1 Å². The third-order valence-corrected chi connectivity index (χ3v) is 3.19. The van der Waals surface area contributed by atoms with Crippen molar-refractivity contribution in [3.63, 3.8) is 0 Å². The largest absolute Gasteiger partial charge is 0.361 e. The minimum atomic E-state index is 0.654. The second-order valence-corrected chi connectivity index (χ2v) is 4.81. The highest BCUT2D eigenvalue weighted by Crippen LogP contribution is 2.29. The average molecular weight is 262 g/mol. The Labute approximate surface area is 109 Å². The van der Waals surface area contributed by atoms with Crippen LogP contribution in [0.15, 0.2) is 48.7 Å². The van der Waals surface area contributed by atoms with E-state index in [0.717, 1.165) is 16.6 Å². The van der Waals surface area contributed by atoms with E-state index >= 15 is 0 Å². The predicted octanol–water partition coefficient (Wildman–Crippen LogP) is 5.14. The molecule has 0 aliphatic rings. The number of H-pyrrole nitrogens is 1. The van der Waals surface area contributed by atoms with Crippen molar-refractivity contribution >= 4 is 34.1 Å². The molecule has 0 spiro atoms. The summed E-state index contributed by atoms with van der Waals surface area (Å²) in [5.41, 5.74) is 3.27. The van der Waals surface area contributed by atoms with E-state index in [2.05, 4.69) is 23.2 Å². The Balaban J connectivity index is 2.19. The molecule has 17 heavy (non-hydrogen) atoms. The van der Waals surface area contributed by atoms with E-state index in [1.54, 1.807) is 6.07 Å². The van der Waals surface area contributed by atoms with Crippen molar-refractivity contribution < 1.29 is 0 Å². The van der Waals surface area contributed by atoms with Gasteiger partial charge in [0, 0.05) is 21.8 Å². The number of rotatable bonds is 1. The van der Waals surface area contributed by atoms with E-state index in [4.69, 9.17) is 23.2 Å². The summed E-state index contributed by atoms with van der Waals surface area (Å²) < 4.78 is 0. The van der Waals surface area contributed by atoms with Crippen LogP contribution in [0.5, 0.6) is 0 Å². The Bertz CT molecular complexity index is 665. The molecule has 1 aromatic heterocycles. The van der Waals surface area contributed by atoms with Crippen LogP contribution in [0, 0.1) is 0 Å². The fraction of sp³-hybridized carbons (Fsp3) is 0. The first-order chi connectivity index (χ1) is 8.22. The molecule has 2 aromatic carbocycles. The number of aromatic amines is 1. The number of hydrogen-bond donors (Lipinski definition) is 1. The van der Waals surface area contributed by atoms with Gasteiger partial charge in [-0.05, 0) is 52.9 Å². The lowest BCUT2D eigenvalue weighted by atomic mass is 10.0. The number of aromatic nitrogens is 1. The zero-order valence-electron chi connectivity index (χ0n) is 8.87. The van der Waals surface area contributed by atoms with Gasteiger partial charge in [-0.2, -0.15) is 0 Å². The molecule has 1 heterocycles. The number of nitrogens with one attached hydrogen (secondary N) is 1. The molecule has 84 valence electrons. The number of benzene rings is 2. The highest BCUT2D eigenvalue weighted by Gasteiger charge is 2.03. The van der Waals surface area contributed by atoms with Crippen molar-refractivity contribution in [2.24, 2.45) is 0 Å². The average Bonchev–Trinajstić information content (AvgIpc) is 2.74. The second kappa shape index (κ2) is 4.10. The lowest BCUT2D eigenvalue weighted by molar-refractivity contribution is 1.48. The first-order valence-corrected chi connectivity index (χ1v) is 6.01. The molecular formula is C14H9Cl2N. The van der Waals surface area contributed by atoms with Crippen molar-refractivity contribution in [1.82, 2.24) is 4.98 Å². The fourth-order valence-electron chi connectivity index (χ4n) is 1.95. The van der Waals surface area contributed by atoms with Crippen molar-refractivity contribution in [2.75, 3.05) is 0 Å². The Morgan fingerprint density at radius 1 is 0.765 bits per heavy atom. The van der Waals surface area contributed by atoms with Gasteiger partial charge >= 0.3 is 0 Å². The Kier molecular flexibility index (Phi) is 2.58. The topological polar surface area (TPSA) is 15.8 Å². The molecule has 0 amide bonds. The van der Waals surface area contributed by atoms with Crippen LogP contribution in [0.3, 0.4) is 0 Å². The standard InChI is InChI=1S/C14H9Cl2N/c15-12-6-11(7-13(16)8-12)9-1-2-14-10(5-9)3-4-17-14/h1-8,17H. The van der Waals surface area contributed by atoms with Crippen LogP contribution in [0.1, 0.15) is 0 Å². The van der Waals surface area contributed by atoms with Gasteiger partial charge in [-0.15, -0.1) is 0 Å². The van der Waals surface area contributed by atoms with Crippen LogP contribution in [-0.4, -0.2) is 4.98 Å². The monoisotopic (exact) mass is 261 g/mol. The molecule has 0 bridgehead atoms. The normalized spacial score (nSPS) is 10.9. The molecule has 0 aliphatic heterocycles. The molecular weight excluding hydrogens is 253 g/mol. The lowest BCUT2D eigenvalue weighted by Crippen LogP contribution is -1.79. The number of halogens is 2. The van der Waals surface area contributed by atoms with Crippen molar-refractivity contribution in [2.45, 2.75) is 0 Å². The third-order valence-electron chi connectivity index (χ3n) is 2.75. The summed E-state index contributed by atoms with van der Waals surface area (Å²) in [4.78, 5) is 3.17. The summed E-state index contributed by atoms with van der Waals surface area (Å²) in [6.07, 6.45) is 1.93. The molecule has 0 atom stereocenters. The Morgan fingerprint density at radius 2 is 1.53 bits per heavy atom. The van der Waals surface area contributed by atoms with Gasteiger partial charge in [-0.25, -0.2) is 0 Å². The van der Waals surface area contributed by atoms with Gasteiger partial charge in [-0.3, -0.25) is 0 Å². The predicted molar refractivity (Wildman–Crippen MR) is 73.8 cm³/mol. The van der Waals surface area contributed by atoms with Crippen LogP contribution in [0.2, 0.25) is 10.0 Å². The molecule has 1 N–H and O–H groups in total. The molecule has 0 saturated carbocycles. The molecule has 0 saturated heterocycles. The maximum absolute atomic E-state index is 6.01. The summed E-state index contributed by atoms with van der Waals surface area (Å²) in [5, 5.41) is 2.49. The van der Waals surface area contributed by atoms with Gasteiger partial charge in [0.1, 0.15) is 0 Å². The zero-order valence-corrected chi connectivity index (χ0v) is 10.4. The first-order valence-electron chi connectivity index (χ1n) is 5.26. The molecule has 1 nitrogen and oxygen atoms in total. The summed E-state index contributed by atoms with van der Waals surface area (Å²) >= 11 is 12.0. The minimum absolute atomic E-state index is 0.654. The smallest absolute Gasteiger partial charge is 0.0454 e. The maximum Gasteiger partial charge on any atom is 0.0454 e. The van der Waals surface area contributed by atoms with Crippen LogP contribution in [0.25, 0.3) is 22.0 Å². The van der Waals surface area contributed by atoms with Gasteiger partial charge in [0.15, 0.2) is 0 Å². The number of hydrogen-bond acceptors (Lipinski definition) is 0. The maximum atomic E-state index is 6.01. The highest BCUT2D eigenvalue weighted by molar-refractivity contribution is 6.35. The van der Waals surface area contributed by atoms with Crippen molar-refractivity contribution in [1.29, 1.82) is 0 Å². The van der Waals surface area contributed by atoms with Crippen molar-refractivity contribution in [3.05, 3.63) is 58.7 Å². The van der Waals surface area contributed by atoms with E-state index in [1.165, 1.54) is 5.39 Å². The van der Waals surface area contributed by atoms with Crippen LogP contribution < -0.4 is 0 Å². The van der Waals surface area contributed by atoms with Gasteiger partial charge in [0.25, 0.3) is 0 Å². The third kappa shape index (κ3) is 2.04.